The molecule has 5 rings (SSSR count). The van der Waals surface area contributed by atoms with Crippen LogP contribution in [0.3, 0.4) is 0 Å². The molecule has 2 aliphatic heterocycles. The molecule has 1 aliphatic carbocycles. The van der Waals surface area contributed by atoms with Gasteiger partial charge in [-0.1, -0.05) is 48.5 Å². The number of nitrogens with one attached hydrogen (secondary N) is 1. The molecule has 3 N–H and O–H groups in total. The van der Waals surface area contributed by atoms with Gasteiger partial charge in [-0.05, 0) is 37.8 Å². The van der Waals surface area contributed by atoms with Gasteiger partial charge >= 0.3 is 12.1 Å². The van der Waals surface area contributed by atoms with Gasteiger partial charge in [0, 0.05) is 23.6 Å². The molecule has 2 saturated heterocycles. The van der Waals surface area contributed by atoms with Crippen molar-refractivity contribution in [2.45, 2.75) is 63.2 Å². The summed E-state index contributed by atoms with van der Waals surface area (Å²) in [6, 6.07) is 12.1. The Morgan fingerprint density at radius 2 is 1.54 bits per heavy atom. The molecule has 2 heterocycles. The normalized spacial score (nSPS) is 26.7. The van der Waals surface area contributed by atoms with Crippen LogP contribution in [0.2, 0.25) is 0 Å². The number of ketones is 2. The minimum absolute atomic E-state index is 0.00601. The average Bonchev–Trinajstić information content (AvgIpc) is 3.65. The molecule has 2 aromatic carbocycles. The van der Waals surface area contributed by atoms with E-state index in [1.165, 1.54) is 9.80 Å². The zero-order valence-corrected chi connectivity index (χ0v) is 20.6. The van der Waals surface area contributed by atoms with Crippen molar-refractivity contribution in [3.05, 3.63) is 70.8 Å². The lowest BCUT2D eigenvalue weighted by Gasteiger charge is -2.38. The Bertz CT molecular complexity index is 1280. The first-order chi connectivity index (χ1) is 17.6. The summed E-state index contributed by atoms with van der Waals surface area (Å²) in [6.07, 6.45) is -3.49. The zero-order valence-electron chi connectivity index (χ0n) is 20.6. The first kappa shape index (κ1) is 25.1. The van der Waals surface area contributed by atoms with Gasteiger partial charge in [0.1, 0.15) is 25.1 Å². The first-order valence-electron chi connectivity index (χ1n) is 12.3. The lowest BCUT2D eigenvalue weighted by molar-refractivity contribution is -0.106. The van der Waals surface area contributed by atoms with E-state index >= 15 is 0 Å². The van der Waals surface area contributed by atoms with Crippen LogP contribution in [0.5, 0.6) is 0 Å². The summed E-state index contributed by atoms with van der Waals surface area (Å²) in [5.41, 5.74) is -0.657. The molecule has 10 nitrogen and oxygen atoms in total. The zero-order chi connectivity index (χ0) is 26.5. The number of ether oxygens (including phenoxy) is 1. The number of rotatable bonds is 7. The van der Waals surface area contributed by atoms with E-state index < -0.39 is 47.7 Å². The molecule has 1 saturated carbocycles. The predicted molar refractivity (Wildman–Crippen MR) is 131 cm³/mol. The van der Waals surface area contributed by atoms with E-state index in [0.29, 0.717) is 11.1 Å². The van der Waals surface area contributed by atoms with Gasteiger partial charge in [0.25, 0.3) is 0 Å². The fourth-order valence-electron chi connectivity index (χ4n) is 5.08. The molecule has 37 heavy (non-hydrogen) atoms. The molecule has 4 amide bonds. The van der Waals surface area contributed by atoms with Crippen LogP contribution < -0.4 is 5.32 Å². The van der Waals surface area contributed by atoms with Gasteiger partial charge in [0.2, 0.25) is 0 Å². The Kier molecular flexibility index (Phi) is 6.35. The van der Waals surface area contributed by atoms with Crippen LogP contribution in [0.15, 0.2) is 48.5 Å². The summed E-state index contributed by atoms with van der Waals surface area (Å²) >= 11 is 0. The minimum Gasteiger partial charge on any atom is -0.382 e. The topological polar surface area (TPSA) is 136 Å². The van der Waals surface area contributed by atoms with Crippen molar-refractivity contribution in [1.29, 1.82) is 0 Å². The standard InChI is InChI=1S/C27H29N3O7/c1-15-7-3-5-9-18(15)21(31)22(32)24-27(36,23(33)19-10-6-4-8-16(19)2)13-20(37-24)30-14-29(17-11-12-17)25(34)28-26(30)35/h3-10,17,20,22,24,32,36H,11-14H2,1-2H3,(H,28,34,35)/t20-,22?,24-,27-/m1/s1. The van der Waals surface area contributed by atoms with E-state index in [-0.39, 0.29) is 30.3 Å². The number of urea groups is 2. The maximum atomic E-state index is 13.7. The van der Waals surface area contributed by atoms with Gasteiger partial charge in [0.15, 0.2) is 17.2 Å². The van der Waals surface area contributed by atoms with Crippen molar-refractivity contribution in [2.75, 3.05) is 6.67 Å². The van der Waals surface area contributed by atoms with Crippen molar-refractivity contribution in [1.82, 2.24) is 15.1 Å². The van der Waals surface area contributed by atoms with E-state index in [1.807, 2.05) is 0 Å². The SMILES string of the molecule is Cc1ccccc1C(=O)C(O)[C@H]1O[C@@H](N2CN(C3CC3)C(=O)NC2=O)C[C@@]1(O)C(=O)c1ccccc1C. The van der Waals surface area contributed by atoms with Gasteiger partial charge < -0.3 is 19.8 Å². The minimum atomic E-state index is -2.32. The van der Waals surface area contributed by atoms with E-state index in [4.69, 9.17) is 4.74 Å². The van der Waals surface area contributed by atoms with Crippen LogP contribution >= 0.6 is 0 Å². The van der Waals surface area contributed by atoms with Crippen LogP contribution in [0.4, 0.5) is 9.59 Å². The van der Waals surface area contributed by atoms with Gasteiger partial charge in [-0.25, -0.2) is 9.59 Å². The summed E-state index contributed by atoms with van der Waals surface area (Å²) in [5, 5.41) is 25.3. The molecule has 4 atom stereocenters. The molecule has 2 aromatic rings. The molecule has 194 valence electrons. The maximum absolute atomic E-state index is 13.7. The first-order valence-corrected chi connectivity index (χ1v) is 12.3. The van der Waals surface area contributed by atoms with Crippen LogP contribution in [0.1, 0.15) is 51.1 Å². The van der Waals surface area contributed by atoms with Crippen molar-refractivity contribution in [3.63, 3.8) is 0 Å². The molecule has 1 unspecified atom stereocenters. The lowest BCUT2D eigenvalue weighted by atomic mass is 9.81. The highest BCUT2D eigenvalue weighted by atomic mass is 16.6. The van der Waals surface area contributed by atoms with Crippen molar-refractivity contribution in [3.8, 4) is 0 Å². The molecule has 0 bridgehead atoms. The van der Waals surface area contributed by atoms with Crippen LogP contribution in [0, 0.1) is 13.8 Å². The van der Waals surface area contributed by atoms with Gasteiger partial charge in [-0.15, -0.1) is 0 Å². The Morgan fingerprint density at radius 3 is 2.14 bits per heavy atom. The number of carbonyl (C=O) groups is 4. The molecular weight excluding hydrogens is 478 g/mol. The Balaban J connectivity index is 1.50. The second kappa shape index (κ2) is 9.37. The number of aliphatic hydroxyl groups is 2. The van der Waals surface area contributed by atoms with E-state index in [9.17, 15) is 29.4 Å². The summed E-state index contributed by atoms with van der Waals surface area (Å²) in [5.74, 6) is -1.43. The monoisotopic (exact) mass is 507 g/mol. The summed E-state index contributed by atoms with van der Waals surface area (Å²) < 4.78 is 5.98. The molecular formula is C27H29N3O7. The fourth-order valence-corrected chi connectivity index (χ4v) is 5.08. The van der Waals surface area contributed by atoms with Crippen LogP contribution in [-0.4, -0.2) is 80.4 Å². The number of hydrogen-bond acceptors (Lipinski definition) is 7. The number of amides is 4. The maximum Gasteiger partial charge on any atom is 0.328 e. The Labute approximate surface area is 213 Å². The fraction of sp³-hybridized carbons (Fsp3) is 0.407. The van der Waals surface area contributed by atoms with Crippen molar-refractivity contribution in [2.24, 2.45) is 0 Å². The molecule has 10 heteroatoms. The number of Topliss-reactive ketones (excluding diaryl/α,β-unsaturated/α-hetero) is 2. The van der Waals surface area contributed by atoms with E-state index in [0.717, 1.165) is 12.8 Å². The Hall–Kier alpha value is -3.60. The average molecular weight is 508 g/mol. The van der Waals surface area contributed by atoms with Gasteiger partial charge in [0.05, 0.1) is 0 Å². The molecule has 3 fully saturated rings. The number of nitrogens with zero attached hydrogens (tertiary/aromatic N) is 2. The molecule has 3 aliphatic rings. The predicted octanol–water partition coefficient (Wildman–Crippen LogP) is 2.14. The number of carbonyl (C=O) groups excluding carboxylic acids is 4. The quantitative estimate of drug-likeness (QED) is 0.489. The van der Waals surface area contributed by atoms with E-state index in [2.05, 4.69) is 5.32 Å². The second-order valence-electron chi connectivity index (χ2n) is 9.96. The van der Waals surface area contributed by atoms with Crippen molar-refractivity contribution < 1.29 is 34.1 Å². The summed E-state index contributed by atoms with van der Waals surface area (Å²) in [4.78, 5) is 54.8. The van der Waals surface area contributed by atoms with Gasteiger partial charge in [-0.3, -0.25) is 19.8 Å². The van der Waals surface area contributed by atoms with Crippen LogP contribution in [0.25, 0.3) is 0 Å². The molecule has 0 spiro atoms. The third kappa shape index (κ3) is 4.41. The molecule has 0 radical (unpaired) electrons. The van der Waals surface area contributed by atoms with Gasteiger partial charge in [-0.2, -0.15) is 0 Å². The highest BCUT2D eigenvalue weighted by Crippen LogP contribution is 2.39. The highest BCUT2D eigenvalue weighted by molar-refractivity contribution is 6.06. The number of aryl methyl sites for hydroxylation is 2. The van der Waals surface area contributed by atoms with Crippen LogP contribution in [-0.2, 0) is 4.74 Å². The number of benzene rings is 2. The number of imide groups is 1. The smallest absolute Gasteiger partial charge is 0.328 e. The summed E-state index contributed by atoms with van der Waals surface area (Å²) in [6.45, 7) is 3.33. The summed E-state index contributed by atoms with van der Waals surface area (Å²) in [7, 11) is 0. The third-order valence-electron chi connectivity index (χ3n) is 7.38. The van der Waals surface area contributed by atoms with Crippen molar-refractivity contribution >= 4 is 23.6 Å². The highest BCUT2D eigenvalue weighted by Gasteiger charge is 2.59. The molecule has 0 aromatic heterocycles. The second-order valence-corrected chi connectivity index (χ2v) is 9.96. The lowest BCUT2D eigenvalue weighted by Crippen LogP contribution is -2.62. The third-order valence-corrected chi connectivity index (χ3v) is 7.38. The van der Waals surface area contributed by atoms with E-state index in [1.54, 1.807) is 62.4 Å². The number of hydrogen-bond donors (Lipinski definition) is 3. The Morgan fingerprint density at radius 1 is 0.973 bits per heavy atom. The number of aliphatic hydroxyl groups excluding tert-OH is 1. The largest absolute Gasteiger partial charge is 0.382 e.